The lowest BCUT2D eigenvalue weighted by Crippen LogP contribution is -2.02. The second-order valence-corrected chi connectivity index (χ2v) is 6.44. The lowest BCUT2D eigenvalue weighted by Gasteiger charge is -1.99. The predicted molar refractivity (Wildman–Crippen MR) is 84.6 cm³/mol. The van der Waals surface area contributed by atoms with Gasteiger partial charge in [-0.3, -0.25) is 4.79 Å². The van der Waals surface area contributed by atoms with Gasteiger partial charge < -0.3 is 0 Å². The molecule has 0 fully saturated rings. The van der Waals surface area contributed by atoms with Gasteiger partial charge in [0, 0.05) is 18.2 Å². The molecule has 20 heavy (non-hydrogen) atoms. The number of ketones is 1. The topological polar surface area (TPSA) is 30.0 Å². The Morgan fingerprint density at radius 3 is 2.70 bits per heavy atom. The van der Waals surface area contributed by atoms with Crippen molar-refractivity contribution in [3.05, 3.63) is 63.4 Å². The van der Waals surface area contributed by atoms with Gasteiger partial charge in [0.2, 0.25) is 0 Å². The maximum atomic E-state index is 12.2. The molecule has 0 bridgehead atoms. The zero-order chi connectivity index (χ0) is 13.9. The molecule has 0 aliphatic carbocycles. The lowest BCUT2D eigenvalue weighted by atomic mass is 10.1. The average Bonchev–Trinajstić information content (AvgIpc) is 3.11. The average molecular weight is 299 g/mol. The summed E-state index contributed by atoms with van der Waals surface area (Å²) in [4.78, 5) is 17.5. The summed E-state index contributed by atoms with van der Waals surface area (Å²) < 4.78 is 0. The van der Waals surface area contributed by atoms with Crippen molar-refractivity contribution in [1.82, 2.24) is 4.98 Å². The number of thiophene rings is 1. The quantitative estimate of drug-likeness (QED) is 0.659. The third kappa shape index (κ3) is 2.86. The molecule has 0 spiro atoms. The Kier molecular flexibility index (Phi) is 3.76. The summed E-state index contributed by atoms with van der Waals surface area (Å²) in [6, 6.07) is 10.1. The fourth-order valence-corrected chi connectivity index (χ4v) is 3.49. The first-order chi connectivity index (χ1) is 9.72. The van der Waals surface area contributed by atoms with Crippen LogP contribution in [0.3, 0.4) is 0 Å². The molecule has 0 saturated heterocycles. The second-order valence-electron chi connectivity index (χ2n) is 4.63. The van der Waals surface area contributed by atoms with Crippen LogP contribution in [0.15, 0.2) is 47.3 Å². The number of thiazole rings is 1. The first-order valence-electron chi connectivity index (χ1n) is 6.29. The van der Waals surface area contributed by atoms with Gasteiger partial charge in [-0.15, -0.1) is 11.3 Å². The van der Waals surface area contributed by atoms with Crippen LogP contribution in [0.1, 0.15) is 20.9 Å². The van der Waals surface area contributed by atoms with Gasteiger partial charge in [-0.25, -0.2) is 4.98 Å². The lowest BCUT2D eigenvalue weighted by molar-refractivity contribution is 0.0992. The van der Waals surface area contributed by atoms with E-state index >= 15 is 0 Å². The molecule has 3 rings (SSSR count). The molecule has 0 aliphatic heterocycles. The first kappa shape index (κ1) is 13.2. The summed E-state index contributed by atoms with van der Waals surface area (Å²) in [6.07, 6.45) is 2.20. The zero-order valence-corrected chi connectivity index (χ0v) is 12.6. The smallest absolute Gasteiger partial charge is 0.195 e. The molecule has 100 valence electrons. The summed E-state index contributed by atoms with van der Waals surface area (Å²) in [7, 11) is 0. The summed E-state index contributed by atoms with van der Waals surface area (Å²) in [5.74, 6) is 0.0836. The molecule has 0 radical (unpaired) electrons. The summed E-state index contributed by atoms with van der Waals surface area (Å²) in [6.45, 7) is 2.04. The summed E-state index contributed by atoms with van der Waals surface area (Å²) in [5, 5.41) is 4.69. The number of hydrogen-bond donors (Lipinski definition) is 0. The highest BCUT2D eigenvalue weighted by Crippen LogP contribution is 2.28. The first-order valence-corrected chi connectivity index (χ1v) is 8.05. The van der Waals surface area contributed by atoms with Crippen molar-refractivity contribution in [1.29, 1.82) is 0 Å². The van der Waals surface area contributed by atoms with Crippen molar-refractivity contribution >= 4 is 28.5 Å². The minimum atomic E-state index is 0.0836. The standard InChI is InChI=1S/C16H13NOS2/c1-11-2-4-12(5-3-11)8-14(18)16-17-9-15(20-16)13-6-7-19-10-13/h2-7,9-10H,8H2,1H3. The normalized spacial score (nSPS) is 10.7. The summed E-state index contributed by atoms with van der Waals surface area (Å²) >= 11 is 3.12. The van der Waals surface area contributed by atoms with E-state index in [-0.39, 0.29) is 5.78 Å². The molecule has 3 aromatic rings. The molecule has 2 nitrogen and oxygen atoms in total. The van der Waals surface area contributed by atoms with Crippen LogP contribution in [0.5, 0.6) is 0 Å². The minimum absolute atomic E-state index is 0.0836. The van der Waals surface area contributed by atoms with Gasteiger partial charge in [-0.1, -0.05) is 29.8 Å². The molecule has 0 N–H and O–H groups in total. The predicted octanol–water partition coefficient (Wildman–Crippen LogP) is 4.61. The van der Waals surface area contributed by atoms with Gasteiger partial charge in [0.25, 0.3) is 0 Å². The Hall–Kier alpha value is -1.78. The maximum absolute atomic E-state index is 12.2. The highest BCUT2D eigenvalue weighted by atomic mass is 32.1. The Labute approximate surface area is 125 Å². The van der Waals surface area contributed by atoms with E-state index in [1.807, 2.05) is 42.6 Å². The molecular weight excluding hydrogens is 286 g/mol. The van der Waals surface area contributed by atoms with E-state index < -0.39 is 0 Å². The van der Waals surface area contributed by atoms with E-state index in [4.69, 9.17) is 0 Å². The van der Waals surface area contributed by atoms with Crippen LogP contribution in [0, 0.1) is 6.92 Å². The van der Waals surface area contributed by atoms with Crippen molar-refractivity contribution in [2.45, 2.75) is 13.3 Å². The fraction of sp³-hybridized carbons (Fsp3) is 0.125. The van der Waals surface area contributed by atoms with E-state index in [0.29, 0.717) is 11.4 Å². The van der Waals surface area contributed by atoms with Crippen LogP contribution in [-0.4, -0.2) is 10.8 Å². The number of benzene rings is 1. The molecule has 2 heterocycles. The molecule has 0 saturated carbocycles. The number of aromatic nitrogens is 1. The van der Waals surface area contributed by atoms with E-state index in [1.165, 1.54) is 16.9 Å². The molecule has 1 aromatic carbocycles. The molecule has 4 heteroatoms. The number of aryl methyl sites for hydroxylation is 1. The molecule has 0 amide bonds. The van der Waals surface area contributed by atoms with Crippen molar-refractivity contribution in [2.75, 3.05) is 0 Å². The van der Waals surface area contributed by atoms with Crippen molar-refractivity contribution in [2.24, 2.45) is 0 Å². The Bertz CT molecular complexity index is 711. The summed E-state index contributed by atoms with van der Waals surface area (Å²) in [5.41, 5.74) is 3.38. The van der Waals surface area contributed by atoms with Crippen molar-refractivity contribution in [3.63, 3.8) is 0 Å². The van der Waals surface area contributed by atoms with Crippen LogP contribution in [0.4, 0.5) is 0 Å². The van der Waals surface area contributed by atoms with Gasteiger partial charge in [0.1, 0.15) is 0 Å². The van der Waals surface area contributed by atoms with Gasteiger partial charge >= 0.3 is 0 Å². The van der Waals surface area contributed by atoms with Gasteiger partial charge in [0.15, 0.2) is 10.8 Å². The number of rotatable bonds is 4. The highest BCUT2D eigenvalue weighted by molar-refractivity contribution is 7.17. The Morgan fingerprint density at radius 2 is 2.00 bits per heavy atom. The van der Waals surface area contributed by atoms with Crippen molar-refractivity contribution in [3.8, 4) is 10.4 Å². The van der Waals surface area contributed by atoms with Gasteiger partial charge in [-0.2, -0.15) is 11.3 Å². The second kappa shape index (κ2) is 5.69. The van der Waals surface area contributed by atoms with E-state index in [1.54, 1.807) is 17.5 Å². The third-order valence-corrected chi connectivity index (χ3v) is 4.81. The number of carbonyl (C=O) groups excluding carboxylic acids is 1. The van der Waals surface area contributed by atoms with E-state index in [9.17, 15) is 4.79 Å². The largest absolute Gasteiger partial charge is 0.291 e. The molecule has 2 aromatic heterocycles. The van der Waals surface area contributed by atoms with Gasteiger partial charge in [-0.05, 0) is 29.3 Å². The monoisotopic (exact) mass is 299 g/mol. The van der Waals surface area contributed by atoms with Crippen LogP contribution in [-0.2, 0) is 6.42 Å². The zero-order valence-electron chi connectivity index (χ0n) is 11.0. The SMILES string of the molecule is Cc1ccc(CC(=O)c2ncc(-c3ccsc3)s2)cc1. The number of nitrogens with zero attached hydrogens (tertiary/aromatic N) is 1. The highest BCUT2D eigenvalue weighted by Gasteiger charge is 2.13. The van der Waals surface area contributed by atoms with Gasteiger partial charge in [0.05, 0.1) is 4.88 Å². The fourth-order valence-electron chi connectivity index (χ4n) is 1.91. The molecule has 0 aliphatic rings. The Balaban J connectivity index is 1.76. The van der Waals surface area contributed by atoms with E-state index in [0.717, 1.165) is 16.0 Å². The van der Waals surface area contributed by atoms with E-state index in [2.05, 4.69) is 10.4 Å². The number of carbonyl (C=O) groups is 1. The van der Waals surface area contributed by atoms with Crippen LogP contribution < -0.4 is 0 Å². The third-order valence-electron chi connectivity index (χ3n) is 3.04. The molecule has 0 atom stereocenters. The Morgan fingerprint density at radius 1 is 1.20 bits per heavy atom. The van der Waals surface area contributed by atoms with Crippen LogP contribution in [0.25, 0.3) is 10.4 Å². The van der Waals surface area contributed by atoms with Crippen molar-refractivity contribution < 1.29 is 4.79 Å². The maximum Gasteiger partial charge on any atom is 0.195 e. The number of hydrogen-bond acceptors (Lipinski definition) is 4. The molecule has 0 unspecified atom stereocenters. The number of Topliss-reactive ketones (excluding diaryl/α,β-unsaturated/α-hetero) is 1. The van der Waals surface area contributed by atoms with Crippen LogP contribution in [0.2, 0.25) is 0 Å². The minimum Gasteiger partial charge on any atom is -0.291 e. The van der Waals surface area contributed by atoms with Crippen LogP contribution >= 0.6 is 22.7 Å². The molecular formula is C16H13NOS2.